The van der Waals surface area contributed by atoms with E-state index in [-0.39, 0.29) is 23.3 Å². The average molecular weight is 523 g/mol. The van der Waals surface area contributed by atoms with Crippen LogP contribution in [0, 0.1) is 10.9 Å². The average Bonchev–Trinajstić information content (AvgIpc) is 3.20. The number of hydrogen-bond acceptors (Lipinski definition) is 6. The van der Waals surface area contributed by atoms with E-state index >= 15 is 0 Å². The third-order valence-corrected chi connectivity index (χ3v) is 8.54. The molecule has 1 fully saturated rings. The van der Waals surface area contributed by atoms with Crippen LogP contribution in [-0.4, -0.2) is 31.8 Å². The zero-order valence-electron chi connectivity index (χ0n) is 19.4. The first kappa shape index (κ1) is 24.0. The van der Waals surface area contributed by atoms with Crippen molar-refractivity contribution in [2.45, 2.75) is 50.2 Å². The highest BCUT2D eigenvalue weighted by Gasteiger charge is 2.21. The highest BCUT2D eigenvalue weighted by Crippen LogP contribution is 2.28. The third kappa shape index (κ3) is 4.98. The van der Waals surface area contributed by atoms with Gasteiger partial charge in [-0.1, -0.05) is 78.8 Å². The van der Waals surface area contributed by atoms with Gasteiger partial charge in [0.1, 0.15) is 4.70 Å². The van der Waals surface area contributed by atoms with Gasteiger partial charge in [-0.2, -0.15) is 0 Å². The monoisotopic (exact) mass is 522 g/mol. The van der Waals surface area contributed by atoms with Gasteiger partial charge in [0.2, 0.25) is 5.91 Å². The van der Waals surface area contributed by atoms with Gasteiger partial charge < -0.3 is 5.32 Å². The lowest BCUT2D eigenvalue weighted by molar-refractivity contribution is -0.119. The summed E-state index contributed by atoms with van der Waals surface area (Å²) in [6.07, 6.45) is 5.61. The topological polar surface area (TPSA) is 68.9 Å². The molecule has 180 valence electrons. The number of carbonyl (C=O) groups is 1. The van der Waals surface area contributed by atoms with Crippen molar-refractivity contribution in [1.29, 1.82) is 0 Å². The molecule has 0 aliphatic heterocycles. The molecule has 5 rings (SSSR count). The standard InChI is InChI=1S/C26H26N4O2S3/c1-17-10-8-9-15-20(17)30-23-22(35-26(30)33)24(32)29(19-13-6-3-7-14-19)25(28-23)34-16-21(31)27-18-11-4-2-5-12-18/h3,6-10,13-15,18H,2,4-5,11-12,16H2,1H3,(H,27,31). The van der Waals surface area contributed by atoms with Crippen molar-refractivity contribution in [2.24, 2.45) is 0 Å². The van der Waals surface area contributed by atoms with Gasteiger partial charge in [0.05, 0.1) is 17.1 Å². The molecule has 0 bridgehead atoms. The molecule has 35 heavy (non-hydrogen) atoms. The number of benzene rings is 2. The largest absolute Gasteiger partial charge is 0.353 e. The fraction of sp³-hybridized carbons (Fsp3) is 0.308. The summed E-state index contributed by atoms with van der Waals surface area (Å²) in [5.41, 5.74) is 3.00. The Kier molecular flexibility index (Phi) is 7.17. The van der Waals surface area contributed by atoms with Crippen LogP contribution in [0.4, 0.5) is 0 Å². The van der Waals surface area contributed by atoms with Crippen molar-refractivity contribution in [3.63, 3.8) is 0 Å². The summed E-state index contributed by atoms with van der Waals surface area (Å²) in [5, 5.41) is 3.63. The summed E-state index contributed by atoms with van der Waals surface area (Å²) in [4.78, 5) is 31.4. The summed E-state index contributed by atoms with van der Waals surface area (Å²) in [5.74, 6) is 0.160. The SMILES string of the molecule is Cc1ccccc1-n1c(=S)sc2c(=O)n(-c3ccccc3)c(SCC(=O)NC3CCCCC3)nc21. The predicted octanol–water partition coefficient (Wildman–Crippen LogP) is 5.82. The Bertz CT molecular complexity index is 1480. The first-order chi connectivity index (χ1) is 17.0. The molecule has 0 unspecified atom stereocenters. The number of aryl methyl sites for hydroxylation is 1. The van der Waals surface area contributed by atoms with Gasteiger partial charge in [0.25, 0.3) is 5.56 Å². The Morgan fingerprint density at radius 1 is 1.09 bits per heavy atom. The molecule has 1 amide bonds. The van der Waals surface area contributed by atoms with Gasteiger partial charge >= 0.3 is 0 Å². The number of rotatable bonds is 6. The van der Waals surface area contributed by atoms with E-state index in [2.05, 4.69) is 5.32 Å². The van der Waals surface area contributed by atoms with Crippen LogP contribution in [-0.2, 0) is 4.79 Å². The van der Waals surface area contributed by atoms with E-state index in [9.17, 15) is 9.59 Å². The van der Waals surface area contributed by atoms with Gasteiger partial charge in [-0.05, 0) is 55.7 Å². The Labute approximate surface area is 217 Å². The van der Waals surface area contributed by atoms with E-state index in [1.54, 1.807) is 4.57 Å². The first-order valence-electron chi connectivity index (χ1n) is 11.7. The molecule has 4 aromatic rings. The smallest absolute Gasteiger partial charge is 0.278 e. The lowest BCUT2D eigenvalue weighted by Gasteiger charge is -2.22. The Morgan fingerprint density at radius 2 is 1.80 bits per heavy atom. The van der Waals surface area contributed by atoms with Gasteiger partial charge in [0, 0.05) is 6.04 Å². The molecule has 0 radical (unpaired) electrons. The molecule has 0 spiro atoms. The van der Waals surface area contributed by atoms with Gasteiger partial charge in [0.15, 0.2) is 14.8 Å². The molecule has 2 heterocycles. The molecular formula is C26H26N4O2S3. The summed E-state index contributed by atoms with van der Waals surface area (Å²) in [7, 11) is 0. The number of para-hydroxylation sites is 2. The minimum Gasteiger partial charge on any atom is -0.353 e. The number of amides is 1. The maximum atomic E-state index is 13.8. The number of hydrogen-bond donors (Lipinski definition) is 1. The molecule has 1 aliphatic rings. The Hall–Kier alpha value is -2.75. The van der Waals surface area contributed by atoms with Crippen LogP contribution in [0.15, 0.2) is 64.5 Å². The van der Waals surface area contributed by atoms with Crippen LogP contribution in [0.2, 0.25) is 0 Å². The fourth-order valence-corrected chi connectivity index (χ4v) is 6.61. The van der Waals surface area contributed by atoms with Crippen LogP contribution >= 0.6 is 35.3 Å². The van der Waals surface area contributed by atoms with Crippen LogP contribution in [0.3, 0.4) is 0 Å². The first-order valence-corrected chi connectivity index (χ1v) is 14.0. The number of nitrogens with zero attached hydrogens (tertiary/aromatic N) is 3. The van der Waals surface area contributed by atoms with Crippen molar-refractivity contribution < 1.29 is 4.79 Å². The minimum atomic E-state index is -0.181. The van der Waals surface area contributed by atoms with Gasteiger partial charge in [-0.3, -0.25) is 18.7 Å². The van der Waals surface area contributed by atoms with Crippen molar-refractivity contribution in [2.75, 3.05) is 5.75 Å². The summed E-state index contributed by atoms with van der Waals surface area (Å²) < 4.78 is 4.52. The highest BCUT2D eigenvalue weighted by molar-refractivity contribution is 7.99. The van der Waals surface area contributed by atoms with Gasteiger partial charge in [-0.25, -0.2) is 4.98 Å². The number of fused-ring (bicyclic) bond motifs is 1. The van der Waals surface area contributed by atoms with Crippen molar-refractivity contribution in [3.05, 3.63) is 74.5 Å². The van der Waals surface area contributed by atoms with Crippen LogP contribution in [0.5, 0.6) is 0 Å². The Morgan fingerprint density at radius 3 is 2.54 bits per heavy atom. The van der Waals surface area contributed by atoms with E-state index in [1.165, 1.54) is 29.5 Å². The molecular weight excluding hydrogens is 497 g/mol. The van der Waals surface area contributed by atoms with Gasteiger partial charge in [-0.15, -0.1) is 0 Å². The number of carbonyl (C=O) groups excluding carboxylic acids is 1. The van der Waals surface area contributed by atoms with Crippen molar-refractivity contribution in [1.82, 2.24) is 19.4 Å². The van der Waals surface area contributed by atoms with Crippen LogP contribution in [0.1, 0.15) is 37.7 Å². The summed E-state index contributed by atoms with van der Waals surface area (Å²) >= 11 is 8.23. The zero-order valence-corrected chi connectivity index (χ0v) is 21.8. The maximum Gasteiger partial charge on any atom is 0.278 e. The third-order valence-electron chi connectivity index (χ3n) is 6.25. The molecule has 1 aliphatic carbocycles. The fourth-order valence-electron chi connectivity index (χ4n) is 4.51. The normalized spacial score (nSPS) is 14.3. The van der Waals surface area contributed by atoms with E-state index in [4.69, 9.17) is 17.2 Å². The van der Waals surface area contributed by atoms with E-state index in [0.29, 0.717) is 25.1 Å². The van der Waals surface area contributed by atoms with Crippen LogP contribution < -0.4 is 10.9 Å². The molecule has 1 saturated carbocycles. The van der Waals surface area contributed by atoms with E-state index in [1.807, 2.05) is 66.1 Å². The second-order valence-electron chi connectivity index (χ2n) is 8.70. The number of thioether (sulfide) groups is 1. The van der Waals surface area contributed by atoms with Crippen molar-refractivity contribution in [3.8, 4) is 11.4 Å². The molecule has 0 saturated heterocycles. The lowest BCUT2D eigenvalue weighted by atomic mass is 9.95. The molecule has 1 N–H and O–H groups in total. The van der Waals surface area contributed by atoms with E-state index < -0.39 is 0 Å². The minimum absolute atomic E-state index is 0.0306. The second-order valence-corrected chi connectivity index (χ2v) is 11.3. The Balaban J connectivity index is 1.58. The number of nitrogens with one attached hydrogen (secondary N) is 1. The lowest BCUT2D eigenvalue weighted by Crippen LogP contribution is -2.37. The van der Waals surface area contributed by atoms with Crippen LogP contribution in [0.25, 0.3) is 21.7 Å². The molecule has 9 heteroatoms. The summed E-state index contributed by atoms with van der Waals surface area (Å²) in [6.45, 7) is 2.01. The molecule has 2 aromatic heterocycles. The zero-order chi connectivity index (χ0) is 24.4. The maximum absolute atomic E-state index is 13.8. The number of thiazole rings is 1. The van der Waals surface area contributed by atoms with Crippen molar-refractivity contribution >= 4 is 51.6 Å². The molecule has 6 nitrogen and oxygen atoms in total. The highest BCUT2D eigenvalue weighted by atomic mass is 32.2. The predicted molar refractivity (Wildman–Crippen MR) is 146 cm³/mol. The molecule has 2 aromatic carbocycles. The quantitative estimate of drug-likeness (QED) is 0.196. The molecule has 0 atom stereocenters. The summed E-state index contributed by atoms with van der Waals surface area (Å²) in [6, 6.07) is 17.6. The van der Waals surface area contributed by atoms with E-state index in [0.717, 1.165) is 36.9 Å². The second kappa shape index (κ2) is 10.5. The number of aromatic nitrogens is 3.